The van der Waals surface area contributed by atoms with E-state index in [0.717, 1.165) is 11.3 Å². The maximum atomic E-state index is 13.2. The molecule has 0 N–H and O–H groups in total. The van der Waals surface area contributed by atoms with Gasteiger partial charge in [0.15, 0.2) is 0 Å². The van der Waals surface area contributed by atoms with Crippen molar-refractivity contribution in [1.82, 2.24) is 0 Å². The molecule has 0 spiro atoms. The van der Waals surface area contributed by atoms with E-state index in [0.29, 0.717) is 6.42 Å². The summed E-state index contributed by atoms with van der Waals surface area (Å²) < 4.78 is 17.5. The van der Waals surface area contributed by atoms with E-state index in [9.17, 15) is 9.59 Å². The van der Waals surface area contributed by atoms with Gasteiger partial charge in [0.05, 0.1) is 0 Å². The summed E-state index contributed by atoms with van der Waals surface area (Å²) >= 11 is -0.103. The van der Waals surface area contributed by atoms with Crippen LogP contribution in [0.4, 0.5) is 10.5 Å². The monoisotopic (exact) mass is 475 g/mol. The standard InChI is InChI=1S/C23H25NO5Se/c1-22(2,3)29-21(26)24-17-13-9-8-12-16(17)23(30-15-10-6-5-7-11-15)14-18(19(25)27-4)28-20(23)24/h5-13,18,20H,14H2,1-4H3/t18-,20+,23-/m1/s1. The van der Waals surface area contributed by atoms with Gasteiger partial charge in [-0.2, -0.15) is 0 Å². The number of nitrogens with zero attached hydrogens (tertiary/aromatic N) is 1. The molecule has 6 nitrogen and oxygen atoms in total. The van der Waals surface area contributed by atoms with Gasteiger partial charge in [0.25, 0.3) is 0 Å². The predicted octanol–water partition coefficient (Wildman–Crippen LogP) is 2.95. The van der Waals surface area contributed by atoms with Crippen molar-refractivity contribution in [3.63, 3.8) is 0 Å². The second-order valence-corrected chi connectivity index (χ2v) is 11.3. The molecule has 2 aromatic rings. The van der Waals surface area contributed by atoms with Crippen molar-refractivity contribution in [3.8, 4) is 0 Å². The molecule has 7 heteroatoms. The number of methoxy groups -OCH3 is 1. The molecular weight excluding hydrogens is 449 g/mol. The normalized spacial score (nSPS) is 24.9. The van der Waals surface area contributed by atoms with Gasteiger partial charge in [0.2, 0.25) is 0 Å². The van der Waals surface area contributed by atoms with Gasteiger partial charge >= 0.3 is 183 Å². The number of anilines is 1. The number of carbonyl (C=O) groups excluding carboxylic acids is 2. The van der Waals surface area contributed by atoms with Gasteiger partial charge in [0.1, 0.15) is 0 Å². The SMILES string of the molecule is COC(=O)[C@H]1C[C@@]2([Se]c3ccccc3)c3ccccc3N(C(=O)OC(C)(C)C)[C@H]2O1. The Hall–Kier alpha value is -2.34. The summed E-state index contributed by atoms with van der Waals surface area (Å²) in [5.41, 5.74) is 1.14. The molecule has 0 saturated carbocycles. The molecule has 158 valence electrons. The topological polar surface area (TPSA) is 65.1 Å². The second kappa shape index (κ2) is 7.73. The zero-order valence-corrected chi connectivity index (χ0v) is 19.2. The average Bonchev–Trinajstić information content (AvgIpc) is 3.18. The quantitative estimate of drug-likeness (QED) is 0.506. The summed E-state index contributed by atoms with van der Waals surface area (Å²) in [6.45, 7) is 5.50. The van der Waals surface area contributed by atoms with E-state index in [-0.39, 0.29) is 15.0 Å². The number of carbonyl (C=O) groups is 2. The fourth-order valence-corrected chi connectivity index (χ4v) is 7.12. The predicted molar refractivity (Wildman–Crippen MR) is 114 cm³/mol. The molecule has 2 aromatic carbocycles. The number of esters is 1. The third-order valence-electron chi connectivity index (χ3n) is 5.13. The summed E-state index contributed by atoms with van der Waals surface area (Å²) in [6.07, 6.45) is -1.38. The molecule has 0 bridgehead atoms. The van der Waals surface area contributed by atoms with Crippen LogP contribution >= 0.6 is 0 Å². The first kappa shape index (κ1) is 20.9. The van der Waals surface area contributed by atoms with Crippen LogP contribution in [0.3, 0.4) is 0 Å². The summed E-state index contributed by atoms with van der Waals surface area (Å²) in [6, 6.07) is 17.9. The third kappa shape index (κ3) is 3.62. The van der Waals surface area contributed by atoms with Crippen LogP contribution in [-0.4, -0.2) is 52.1 Å². The number of amides is 1. The van der Waals surface area contributed by atoms with E-state index in [1.54, 1.807) is 4.90 Å². The van der Waals surface area contributed by atoms with Gasteiger partial charge < -0.3 is 0 Å². The van der Waals surface area contributed by atoms with Crippen LogP contribution in [0, 0.1) is 0 Å². The van der Waals surface area contributed by atoms with Gasteiger partial charge in [-0.05, 0) is 0 Å². The number of fused-ring (bicyclic) bond motifs is 3. The third-order valence-corrected chi connectivity index (χ3v) is 8.20. The Bertz CT molecular complexity index is 958. The fraction of sp³-hybridized carbons (Fsp3) is 0.391. The molecule has 30 heavy (non-hydrogen) atoms. The molecule has 0 unspecified atom stereocenters. The molecule has 0 radical (unpaired) electrons. The molecule has 0 aromatic heterocycles. The van der Waals surface area contributed by atoms with Crippen LogP contribution < -0.4 is 9.36 Å². The molecule has 1 saturated heterocycles. The molecule has 4 rings (SSSR count). The van der Waals surface area contributed by atoms with Crippen LogP contribution in [0.1, 0.15) is 32.8 Å². The summed E-state index contributed by atoms with van der Waals surface area (Å²) in [5.74, 6) is -0.422. The molecule has 1 fully saturated rings. The van der Waals surface area contributed by atoms with Gasteiger partial charge in [-0.1, -0.05) is 0 Å². The Balaban J connectivity index is 1.82. The van der Waals surface area contributed by atoms with Crippen molar-refractivity contribution in [2.24, 2.45) is 0 Å². The van der Waals surface area contributed by atoms with Crippen molar-refractivity contribution in [2.45, 2.75) is 49.4 Å². The Kier molecular flexibility index (Phi) is 5.39. The molecule has 1 amide bonds. The first-order valence-electron chi connectivity index (χ1n) is 9.84. The van der Waals surface area contributed by atoms with Crippen LogP contribution in [0.25, 0.3) is 0 Å². The minimum atomic E-state index is -0.733. The first-order valence-corrected chi connectivity index (χ1v) is 11.6. The fourth-order valence-electron chi connectivity index (χ4n) is 3.99. The summed E-state index contributed by atoms with van der Waals surface area (Å²) in [5, 5.41) is 0. The zero-order valence-electron chi connectivity index (χ0n) is 17.5. The molecule has 2 aliphatic rings. The minimum absolute atomic E-state index is 0.103. The molecule has 3 atom stereocenters. The van der Waals surface area contributed by atoms with Gasteiger partial charge in [0, 0.05) is 0 Å². The second-order valence-electron chi connectivity index (χ2n) is 8.38. The van der Waals surface area contributed by atoms with Crippen molar-refractivity contribution >= 4 is 37.2 Å². The van der Waals surface area contributed by atoms with Crippen molar-refractivity contribution in [2.75, 3.05) is 12.0 Å². The Morgan fingerprint density at radius 1 is 1.10 bits per heavy atom. The first-order chi connectivity index (χ1) is 14.2. The van der Waals surface area contributed by atoms with Gasteiger partial charge in [-0.3, -0.25) is 0 Å². The number of benzene rings is 2. The van der Waals surface area contributed by atoms with E-state index in [4.69, 9.17) is 14.2 Å². The van der Waals surface area contributed by atoms with E-state index < -0.39 is 34.3 Å². The van der Waals surface area contributed by atoms with Gasteiger partial charge in [-0.15, -0.1) is 0 Å². The molecule has 2 aliphatic heterocycles. The number of hydrogen-bond acceptors (Lipinski definition) is 5. The number of ether oxygens (including phenoxy) is 3. The van der Waals surface area contributed by atoms with E-state index >= 15 is 0 Å². The summed E-state index contributed by atoms with van der Waals surface area (Å²) in [7, 11) is 1.36. The van der Waals surface area contributed by atoms with Crippen LogP contribution in [0.5, 0.6) is 0 Å². The van der Waals surface area contributed by atoms with E-state index in [1.807, 2.05) is 63.2 Å². The number of para-hydroxylation sites is 1. The zero-order chi connectivity index (χ0) is 21.5. The van der Waals surface area contributed by atoms with E-state index in [1.165, 1.54) is 11.6 Å². The maximum absolute atomic E-state index is 13.2. The average molecular weight is 474 g/mol. The van der Waals surface area contributed by atoms with Crippen LogP contribution in [0.2, 0.25) is 0 Å². The van der Waals surface area contributed by atoms with Crippen LogP contribution in [0.15, 0.2) is 54.6 Å². The van der Waals surface area contributed by atoms with Crippen molar-refractivity contribution < 1.29 is 23.8 Å². The Labute approximate surface area is 182 Å². The number of rotatable bonds is 3. The van der Waals surface area contributed by atoms with E-state index in [2.05, 4.69) is 12.1 Å². The van der Waals surface area contributed by atoms with Crippen molar-refractivity contribution in [3.05, 3.63) is 60.2 Å². The van der Waals surface area contributed by atoms with Gasteiger partial charge in [-0.25, -0.2) is 0 Å². The Morgan fingerprint density at radius 2 is 1.77 bits per heavy atom. The molecular formula is C23H25NO5Se. The Morgan fingerprint density at radius 3 is 2.43 bits per heavy atom. The van der Waals surface area contributed by atoms with Crippen LogP contribution in [-0.2, 0) is 23.3 Å². The summed E-state index contributed by atoms with van der Waals surface area (Å²) in [4.78, 5) is 27.2. The molecule has 2 heterocycles. The molecule has 0 aliphatic carbocycles. The number of hydrogen-bond donors (Lipinski definition) is 0. The van der Waals surface area contributed by atoms with Crippen molar-refractivity contribution in [1.29, 1.82) is 0 Å².